The Hall–Kier alpha value is -3.13. The van der Waals surface area contributed by atoms with Crippen LogP contribution in [0.2, 0.25) is 0 Å². The summed E-state index contributed by atoms with van der Waals surface area (Å²) in [4.78, 5) is 24.6. The molecule has 1 aliphatic rings. The fraction of sp³-hybridized carbons (Fsp3) is 0.273. The molecular formula is C22H23N5O2S. The molecule has 0 aliphatic carbocycles. The summed E-state index contributed by atoms with van der Waals surface area (Å²) >= 11 is 1.57. The van der Waals surface area contributed by atoms with Crippen LogP contribution in [-0.4, -0.2) is 50.4 Å². The Morgan fingerprint density at radius 1 is 0.967 bits per heavy atom. The summed E-state index contributed by atoms with van der Waals surface area (Å²) in [5, 5.41) is 12.2. The fourth-order valence-corrected chi connectivity index (χ4v) is 4.12. The zero-order valence-electron chi connectivity index (χ0n) is 17.0. The van der Waals surface area contributed by atoms with Gasteiger partial charge in [-0.2, -0.15) is 0 Å². The minimum Gasteiger partial charge on any atom is -0.329 e. The number of amides is 3. The lowest BCUT2D eigenvalue weighted by Gasteiger charge is -2.13. The summed E-state index contributed by atoms with van der Waals surface area (Å²) in [7, 11) is 0. The Balaban J connectivity index is 1.55. The second kappa shape index (κ2) is 8.71. The SMILES string of the molecule is Cc1ccc(-c2nnc(SCCCN3C(=O)CNC3=O)n2-c2ccc(C)cc2)cc1. The van der Waals surface area contributed by atoms with Crippen LogP contribution in [0.15, 0.2) is 53.7 Å². The molecule has 8 heteroatoms. The molecule has 0 bridgehead atoms. The Morgan fingerprint density at radius 3 is 2.27 bits per heavy atom. The third kappa shape index (κ3) is 4.23. The van der Waals surface area contributed by atoms with Crippen LogP contribution in [0.4, 0.5) is 4.79 Å². The van der Waals surface area contributed by atoms with Gasteiger partial charge in [-0.25, -0.2) is 4.79 Å². The van der Waals surface area contributed by atoms with Crippen molar-refractivity contribution in [2.75, 3.05) is 18.8 Å². The fourth-order valence-electron chi connectivity index (χ4n) is 3.25. The lowest BCUT2D eigenvalue weighted by molar-refractivity contribution is -0.124. The van der Waals surface area contributed by atoms with Crippen molar-refractivity contribution in [2.24, 2.45) is 0 Å². The molecule has 0 saturated carbocycles. The molecule has 2 aromatic carbocycles. The summed E-state index contributed by atoms with van der Waals surface area (Å²) in [5.41, 5.74) is 4.37. The van der Waals surface area contributed by atoms with Crippen molar-refractivity contribution in [1.82, 2.24) is 25.0 Å². The molecule has 1 saturated heterocycles. The van der Waals surface area contributed by atoms with Crippen molar-refractivity contribution in [2.45, 2.75) is 25.4 Å². The smallest absolute Gasteiger partial charge is 0.324 e. The predicted molar refractivity (Wildman–Crippen MR) is 117 cm³/mol. The zero-order valence-corrected chi connectivity index (χ0v) is 17.8. The number of carbonyl (C=O) groups excluding carboxylic acids is 2. The first-order valence-electron chi connectivity index (χ1n) is 9.83. The third-order valence-electron chi connectivity index (χ3n) is 4.93. The van der Waals surface area contributed by atoms with Gasteiger partial charge in [0, 0.05) is 23.5 Å². The van der Waals surface area contributed by atoms with Gasteiger partial charge in [-0.1, -0.05) is 59.3 Å². The first kappa shape index (κ1) is 20.2. The number of imide groups is 1. The van der Waals surface area contributed by atoms with E-state index in [2.05, 4.69) is 82.5 Å². The second-order valence-electron chi connectivity index (χ2n) is 7.25. The standard InChI is InChI=1S/C22H23N5O2S/c1-15-4-8-17(9-5-15)20-24-25-22(27(20)18-10-6-16(2)7-11-18)30-13-3-12-26-19(28)14-23-21(26)29/h4-11H,3,12-14H2,1-2H3,(H,23,29). The van der Waals surface area contributed by atoms with E-state index in [0.717, 1.165) is 28.0 Å². The highest BCUT2D eigenvalue weighted by Crippen LogP contribution is 2.28. The maximum absolute atomic E-state index is 11.7. The topological polar surface area (TPSA) is 80.1 Å². The van der Waals surface area contributed by atoms with Crippen LogP contribution in [0.1, 0.15) is 17.5 Å². The predicted octanol–water partition coefficient (Wildman–Crippen LogP) is 3.59. The molecule has 30 heavy (non-hydrogen) atoms. The molecule has 1 N–H and O–H groups in total. The van der Waals surface area contributed by atoms with E-state index in [1.807, 2.05) is 0 Å². The van der Waals surface area contributed by atoms with Crippen LogP contribution in [-0.2, 0) is 4.79 Å². The molecule has 2 heterocycles. The van der Waals surface area contributed by atoms with Gasteiger partial charge in [-0.3, -0.25) is 14.3 Å². The van der Waals surface area contributed by atoms with Gasteiger partial charge < -0.3 is 5.32 Å². The van der Waals surface area contributed by atoms with E-state index in [4.69, 9.17) is 0 Å². The summed E-state index contributed by atoms with van der Waals surface area (Å²) in [6.07, 6.45) is 0.685. The number of hydrogen-bond acceptors (Lipinski definition) is 5. The normalized spacial score (nSPS) is 13.7. The highest BCUT2D eigenvalue weighted by molar-refractivity contribution is 7.99. The maximum Gasteiger partial charge on any atom is 0.324 e. The molecule has 3 aromatic rings. The number of aromatic nitrogens is 3. The van der Waals surface area contributed by atoms with Crippen molar-refractivity contribution in [3.63, 3.8) is 0 Å². The number of carbonyl (C=O) groups is 2. The minimum atomic E-state index is -0.311. The van der Waals surface area contributed by atoms with Crippen molar-refractivity contribution >= 4 is 23.7 Å². The van der Waals surface area contributed by atoms with Gasteiger partial charge in [0.05, 0.1) is 6.54 Å². The largest absolute Gasteiger partial charge is 0.329 e. The lowest BCUT2D eigenvalue weighted by Crippen LogP contribution is -2.32. The molecule has 154 valence electrons. The van der Waals surface area contributed by atoms with Gasteiger partial charge >= 0.3 is 6.03 Å². The van der Waals surface area contributed by atoms with Gasteiger partial charge in [0.2, 0.25) is 5.91 Å². The van der Waals surface area contributed by atoms with E-state index >= 15 is 0 Å². The van der Waals surface area contributed by atoms with Gasteiger partial charge in [0.15, 0.2) is 11.0 Å². The Kier molecular flexibility index (Phi) is 5.85. The summed E-state index contributed by atoms with van der Waals surface area (Å²) in [6.45, 7) is 4.61. The molecule has 0 spiro atoms. The number of nitrogens with zero attached hydrogens (tertiary/aromatic N) is 4. The van der Waals surface area contributed by atoms with E-state index in [1.54, 1.807) is 11.8 Å². The number of urea groups is 1. The molecule has 1 aliphatic heterocycles. The molecule has 3 amide bonds. The van der Waals surface area contributed by atoms with Crippen LogP contribution < -0.4 is 5.32 Å². The van der Waals surface area contributed by atoms with Crippen molar-refractivity contribution in [1.29, 1.82) is 0 Å². The van der Waals surface area contributed by atoms with Crippen LogP contribution in [0, 0.1) is 13.8 Å². The van der Waals surface area contributed by atoms with Crippen LogP contribution in [0.25, 0.3) is 17.1 Å². The Morgan fingerprint density at radius 2 is 1.63 bits per heavy atom. The molecule has 4 rings (SSSR count). The van der Waals surface area contributed by atoms with Gasteiger partial charge in [0.25, 0.3) is 0 Å². The molecule has 1 fully saturated rings. The van der Waals surface area contributed by atoms with Crippen molar-refractivity contribution in [3.8, 4) is 17.1 Å². The van der Waals surface area contributed by atoms with Gasteiger partial charge in [0.1, 0.15) is 0 Å². The van der Waals surface area contributed by atoms with Crippen LogP contribution in [0.5, 0.6) is 0 Å². The number of aryl methyl sites for hydroxylation is 2. The number of rotatable bonds is 7. The number of benzene rings is 2. The molecule has 0 unspecified atom stereocenters. The van der Waals surface area contributed by atoms with E-state index in [-0.39, 0.29) is 18.5 Å². The van der Waals surface area contributed by atoms with Gasteiger partial charge in [-0.15, -0.1) is 10.2 Å². The first-order chi connectivity index (χ1) is 14.5. The molecular weight excluding hydrogens is 398 g/mol. The number of hydrogen-bond donors (Lipinski definition) is 1. The average molecular weight is 422 g/mol. The Labute approximate surface area is 179 Å². The third-order valence-corrected chi connectivity index (χ3v) is 5.94. The molecule has 1 aromatic heterocycles. The molecule has 0 atom stereocenters. The summed E-state index contributed by atoms with van der Waals surface area (Å²) in [6, 6.07) is 16.2. The molecule has 7 nitrogen and oxygen atoms in total. The highest BCUT2D eigenvalue weighted by atomic mass is 32.2. The van der Waals surface area contributed by atoms with Crippen molar-refractivity contribution in [3.05, 3.63) is 59.7 Å². The monoisotopic (exact) mass is 421 g/mol. The summed E-state index contributed by atoms with van der Waals surface area (Å²) < 4.78 is 2.06. The van der Waals surface area contributed by atoms with Gasteiger partial charge in [-0.05, 0) is 32.4 Å². The first-order valence-corrected chi connectivity index (χ1v) is 10.8. The summed E-state index contributed by atoms with van der Waals surface area (Å²) in [5.74, 6) is 1.33. The Bertz CT molecular complexity index is 1040. The zero-order chi connectivity index (χ0) is 21.1. The number of thioether (sulfide) groups is 1. The van der Waals surface area contributed by atoms with E-state index in [9.17, 15) is 9.59 Å². The van der Waals surface area contributed by atoms with Crippen LogP contribution in [0.3, 0.4) is 0 Å². The maximum atomic E-state index is 11.7. The van der Waals surface area contributed by atoms with Crippen molar-refractivity contribution < 1.29 is 9.59 Å². The molecule has 0 radical (unpaired) electrons. The highest BCUT2D eigenvalue weighted by Gasteiger charge is 2.27. The number of nitrogens with one attached hydrogen (secondary N) is 1. The average Bonchev–Trinajstić information content (AvgIpc) is 3.30. The quantitative estimate of drug-likeness (QED) is 0.358. The van der Waals surface area contributed by atoms with E-state index in [0.29, 0.717) is 13.0 Å². The van der Waals surface area contributed by atoms with E-state index in [1.165, 1.54) is 16.0 Å². The second-order valence-corrected chi connectivity index (χ2v) is 8.31. The minimum absolute atomic E-state index is 0.0909. The van der Waals surface area contributed by atoms with E-state index < -0.39 is 0 Å². The van der Waals surface area contributed by atoms with Crippen LogP contribution >= 0.6 is 11.8 Å². The lowest BCUT2D eigenvalue weighted by atomic mass is 10.1.